The number of rotatable bonds is 8. The van der Waals surface area contributed by atoms with Crippen LogP contribution >= 0.6 is 0 Å². The molecule has 0 aliphatic heterocycles. The zero-order chi connectivity index (χ0) is 32.8. The summed E-state index contributed by atoms with van der Waals surface area (Å²) in [7, 11) is 1.44. The second-order valence-electron chi connectivity index (χ2n) is 12.3. The van der Waals surface area contributed by atoms with Gasteiger partial charge >= 0.3 is 5.97 Å². The van der Waals surface area contributed by atoms with E-state index in [0.717, 1.165) is 29.9 Å². The number of hydrogen-bond donors (Lipinski definition) is 1. The number of nitrogen functional groups attached to an aromatic ring is 1. The third-order valence-corrected chi connectivity index (χ3v) is 8.62. The van der Waals surface area contributed by atoms with Gasteiger partial charge in [0.1, 0.15) is 0 Å². The molecule has 0 saturated heterocycles. The highest BCUT2D eigenvalue weighted by molar-refractivity contribution is 5.91. The number of carbonyl (C=O) groups is 1. The molecule has 2 aromatic heterocycles. The predicted molar refractivity (Wildman–Crippen MR) is 194 cm³/mol. The van der Waals surface area contributed by atoms with E-state index in [1.54, 1.807) is 0 Å². The average molecular weight is 620 g/mol. The first-order valence-corrected chi connectivity index (χ1v) is 16.1. The lowest BCUT2D eigenvalue weighted by atomic mass is 9.93. The number of aromatic nitrogens is 2. The molecule has 0 fully saturated rings. The maximum absolute atomic E-state index is 12.4. The van der Waals surface area contributed by atoms with Gasteiger partial charge in [-0.2, -0.15) is 0 Å². The number of nitrogens with zero attached hydrogens (tertiary/aromatic N) is 2. The van der Waals surface area contributed by atoms with E-state index in [0.29, 0.717) is 17.9 Å². The highest BCUT2D eigenvalue weighted by atomic mass is 16.5. The number of anilines is 1. The predicted octanol–water partition coefficient (Wildman–Crippen LogP) is 9.46. The maximum atomic E-state index is 12.4. The lowest BCUT2D eigenvalue weighted by molar-refractivity contribution is 0.0599. The summed E-state index contributed by atoms with van der Waals surface area (Å²) < 4.78 is 9.55. The highest BCUT2D eigenvalue weighted by Crippen LogP contribution is 2.25. The van der Waals surface area contributed by atoms with Crippen molar-refractivity contribution in [3.05, 3.63) is 173 Å². The molecule has 0 spiro atoms. The third kappa shape index (κ3) is 7.47. The molecule has 5 nitrogen and oxygen atoms in total. The molecule has 0 aliphatic carbocycles. The van der Waals surface area contributed by atoms with E-state index >= 15 is 0 Å². The SMILES string of the molecule is COC(=O)c1cc(C(C)C)ccc1Cc1ccc2c(ccn2Cc2ccccc2)c1.Nc1ccc2c(ccn2Cc2ccccc2)c1. The zero-order valence-electron chi connectivity index (χ0n) is 27.3. The van der Waals surface area contributed by atoms with Gasteiger partial charge in [-0.1, -0.05) is 92.7 Å². The fraction of sp³-hybridized carbons (Fsp3) is 0.167. The molecule has 5 aromatic carbocycles. The summed E-state index contributed by atoms with van der Waals surface area (Å²) in [5.41, 5.74) is 15.6. The summed E-state index contributed by atoms with van der Waals surface area (Å²) in [6, 6.07) is 43.9. The molecule has 0 atom stereocenters. The van der Waals surface area contributed by atoms with Gasteiger partial charge in [-0.05, 0) is 94.1 Å². The summed E-state index contributed by atoms with van der Waals surface area (Å²) in [5, 5.41) is 2.41. The molecule has 0 radical (unpaired) electrons. The summed E-state index contributed by atoms with van der Waals surface area (Å²) in [4.78, 5) is 12.4. The Morgan fingerprint density at radius 1 is 0.660 bits per heavy atom. The minimum Gasteiger partial charge on any atom is -0.465 e. The van der Waals surface area contributed by atoms with Crippen molar-refractivity contribution in [2.75, 3.05) is 12.8 Å². The molecule has 47 heavy (non-hydrogen) atoms. The lowest BCUT2D eigenvalue weighted by Gasteiger charge is -2.13. The van der Waals surface area contributed by atoms with Gasteiger partial charge in [0.25, 0.3) is 0 Å². The smallest absolute Gasteiger partial charge is 0.338 e. The monoisotopic (exact) mass is 619 g/mol. The van der Waals surface area contributed by atoms with Crippen molar-refractivity contribution in [3.8, 4) is 0 Å². The molecule has 2 N–H and O–H groups in total. The van der Waals surface area contributed by atoms with Crippen LogP contribution in [0.2, 0.25) is 0 Å². The number of ether oxygens (including phenoxy) is 1. The van der Waals surface area contributed by atoms with Crippen LogP contribution in [0.3, 0.4) is 0 Å². The van der Waals surface area contributed by atoms with Gasteiger partial charge in [0.15, 0.2) is 0 Å². The van der Waals surface area contributed by atoms with Crippen LogP contribution in [-0.4, -0.2) is 22.2 Å². The number of fused-ring (bicyclic) bond motifs is 2. The minimum atomic E-state index is -0.275. The van der Waals surface area contributed by atoms with Crippen molar-refractivity contribution in [1.82, 2.24) is 9.13 Å². The Hall–Kier alpha value is -5.55. The Bertz CT molecular complexity index is 2110. The quantitative estimate of drug-likeness (QED) is 0.136. The number of esters is 1. The molecular weight excluding hydrogens is 578 g/mol. The second-order valence-corrected chi connectivity index (χ2v) is 12.3. The van der Waals surface area contributed by atoms with Gasteiger partial charge in [-0.15, -0.1) is 0 Å². The maximum Gasteiger partial charge on any atom is 0.338 e. The number of methoxy groups -OCH3 is 1. The molecule has 0 unspecified atom stereocenters. The molecule has 236 valence electrons. The summed E-state index contributed by atoms with van der Waals surface area (Å²) in [5.74, 6) is 0.0887. The van der Waals surface area contributed by atoms with Gasteiger partial charge in [0.05, 0.1) is 12.7 Å². The molecule has 7 aromatic rings. The molecule has 0 aliphatic rings. The standard InChI is InChI=1S/C27H27NO2.C15H14N2/c1-19(2)22-10-11-23(25(17-22)27(29)30-3)15-21-9-12-26-24(16-21)13-14-28(26)18-20-7-5-4-6-8-20;16-14-6-7-15-13(10-14)8-9-17(15)11-12-4-2-1-3-5-12/h4-14,16-17,19H,15,18H2,1-3H3;1-10H,11,16H2. The Morgan fingerprint density at radius 2 is 1.23 bits per heavy atom. The first kappa shape index (κ1) is 31.4. The summed E-state index contributed by atoms with van der Waals surface area (Å²) in [6.07, 6.45) is 4.94. The first-order chi connectivity index (χ1) is 22.9. The minimum absolute atomic E-state index is 0.275. The fourth-order valence-corrected chi connectivity index (χ4v) is 6.04. The van der Waals surface area contributed by atoms with Crippen LogP contribution in [0.4, 0.5) is 5.69 Å². The lowest BCUT2D eigenvalue weighted by Crippen LogP contribution is -2.07. The van der Waals surface area contributed by atoms with E-state index in [2.05, 4.69) is 132 Å². The molecular formula is C42H41N3O2. The van der Waals surface area contributed by atoms with Crippen LogP contribution in [0.1, 0.15) is 57.9 Å². The number of benzene rings is 5. The van der Waals surface area contributed by atoms with Crippen molar-refractivity contribution in [2.24, 2.45) is 0 Å². The number of carbonyl (C=O) groups excluding carboxylic acids is 1. The van der Waals surface area contributed by atoms with Crippen LogP contribution in [0.15, 0.2) is 140 Å². The Labute approximate surface area is 276 Å². The average Bonchev–Trinajstić information content (AvgIpc) is 3.68. The molecule has 0 saturated carbocycles. The first-order valence-electron chi connectivity index (χ1n) is 16.1. The van der Waals surface area contributed by atoms with Crippen LogP contribution < -0.4 is 5.73 Å². The van der Waals surface area contributed by atoms with Crippen LogP contribution in [0, 0.1) is 0 Å². The summed E-state index contributed by atoms with van der Waals surface area (Å²) >= 11 is 0. The van der Waals surface area contributed by atoms with E-state index in [9.17, 15) is 4.79 Å². The van der Waals surface area contributed by atoms with Gasteiger partial charge in [-0.25, -0.2) is 4.79 Å². The van der Waals surface area contributed by atoms with E-state index in [-0.39, 0.29) is 5.97 Å². The normalized spacial score (nSPS) is 11.1. The van der Waals surface area contributed by atoms with Crippen LogP contribution in [0.5, 0.6) is 0 Å². The van der Waals surface area contributed by atoms with Gasteiger partial charge in [0.2, 0.25) is 0 Å². The van der Waals surface area contributed by atoms with Crippen LogP contribution in [0.25, 0.3) is 21.8 Å². The van der Waals surface area contributed by atoms with E-state index in [1.165, 1.54) is 45.6 Å². The fourth-order valence-electron chi connectivity index (χ4n) is 6.04. The summed E-state index contributed by atoms with van der Waals surface area (Å²) in [6.45, 7) is 6.01. The molecule has 0 amide bonds. The third-order valence-electron chi connectivity index (χ3n) is 8.62. The van der Waals surface area contributed by atoms with Crippen molar-refractivity contribution >= 4 is 33.5 Å². The van der Waals surface area contributed by atoms with Crippen molar-refractivity contribution < 1.29 is 9.53 Å². The zero-order valence-corrected chi connectivity index (χ0v) is 27.3. The van der Waals surface area contributed by atoms with Crippen LogP contribution in [-0.2, 0) is 24.2 Å². The topological polar surface area (TPSA) is 62.2 Å². The van der Waals surface area contributed by atoms with Gasteiger partial charge in [-0.3, -0.25) is 0 Å². The van der Waals surface area contributed by atoms with Crippen molar-refractivity contribution in [2.45, 2.75) is 39.3 Å². The van der Waals surface area contributed by atoms with Gasteiger partial charge in [0, 0.05) is 47.6 Å². The molecule has 0 bridgehead atoms. The Balaban J connectivity index is 0.000000191. The highest BCUT2D eigenvalue weighted by Gasteiger charge is 2.15. The van der Waals surface area contributed by atoms with Gasteiger partial charge < -0.3 is 19.6 Å². The number of hydrogen-bond acceptors (Lipinski definition) is 3. The van der Waals surface area contributed by atoms with Crippen molar-refractivity contribution in [1.29, 1.82) is 0 Å². The second kappa shape index (κ2) is 14.3. The van der Waals surface area contributed by atoms with Crippen molar-refractivity contribution in [3.63, 3.8) is 0 Å². The molecule has 7 rings (SSSR count). The van der Waals surface area contributed by atoms with E-state index in [4.69, 9.17) is 10.5 Å². The molecule has 2 heterocycles. The number of nitrogens with two attached hydrogens (primary N) is 1. The largest absolute Gasteiger partial charge is 0.465 e. The van der Waals surface area contributed by atoms with E-state index in [1.807, 2.05) is 30.3 Å². The Kier molecular flexibility index (Phi) is 9.53. The van der Waals surface area contributed by atoms with E-state index < -0.39 is 0 Å². The Morgan fingerprint density at radius 3 is 1.81 bits per heavy atom. The molecule has 5 heteroatoms.